The number of anilines is 1. The van der Waals surface area contributed by atoms with Crippen molar-refractivity contribution in [1.29, 1.82) is 0 Å². The van der Waals surface area contributed by atoms with E-state index in [4.69, 9.17) is 4.74 Å². The highest BCUT2D eigenvalue weighted by Gasteiger charge is 2.19. The monoisotopic (exact) mass is 294 g/mol. The molecule has 1 N–H and O–H groups in total. The van der Waals surface area contributed by atoms with E-state index in [9.17, 15) is 10.1 Å². The van der Waals surface area contributed by atoms with Crippen LogP contribution in [0.2, 0.25) is 0 Å². The van der Waals surface area contributed by atoms with E-state index in [0.29, 0.717) is 30.3 Å². The summed E-state index contributed by atoms with van der Waals surface area (Å²) in [5.74, 6) is 0.619. The van der Waals surface area contributed by atoms with Crippen LogP contribution in [0.15, 0.2) is 16.8 Å². The molecule has 8 heteroatoms. The van der Waals surface area contributed by atoms with Crippen LogP contribution < -0.4 is 5.32 Å². The van der Waals surface area contributed by atoms with E-state index in [0.717, 1.165) is 13.0 Å². The van der Waals surface area contributed by atoms with Gasteiger partial charge < -0.3 is 10.1 Å². The number of nitrogens with zero attached hydrogens (tertiary/aromatic N) is 3. The zero-order valence-electron chi connectivity index (χ0n) is 12.0. The predicted molar refractivity (Wildman–Crippen MR) is 77.2 cm³/mol. The lowest BCUT2D eigenvalue weighted by Gasteiger charge is -2.08. The van der Waals surface area contributed by atoms with E-state index in [1.807, 2.05) is 0 Å². The maximum absolute atomic E-state index is 10.9. The van der Waals surface area contributed by atoms with Crippen LogP contribution in [0.1, 0.15) is 20.3 Å². The minimum Gasteiger partial charge on any atom is -0.381 e. The fraction of sp³-hybridized carbons (Fsp3) is 0.538. The quantitative estimate of drug-likeness (QED) is 0.453. The standard InChI is InChI=1S/C13H18N4O4/c1-9(2)5-7-20-8-6-14-10-3-4-11(17(18)19)13-12(10)15-21-16-13/h3-4,9,14H,5-8H2,1-2H3. The highest BCUT2D eigenvalue weighted by Crippen LogP contribution is 2.28. The molecule has 21 heavy (non-hydrogen) atoms. The van der Waals surface area contributed by atoms with Gasteiger partial charge in [-0.15, -0.1) is 0 Å². The highest BCUT2D eigenvalue weighted by molar-refractivity contribution is 5.93. The molecular weight excluding hydrogens is 276 g/mol. The maximum atomic E-state index is 10.9. The molecule has 2 aromatic rings. The fourth-order valence-corrected chi connectivity index (χ4v) is 1.82. The summed E-state index contributed by atoms with van der Waals surface area (Å²) in [6, 6.07) is 2.98. The van der Waals surface area contributed by atoms with Crippen molar-refractivity contribution in [2.24, 2.45) is 5.92 Å². The molecule has 1 heterocycles. The number of nitro benzene ring substituents is 1. The van der Waals surface area contributed by atoms with Crippen LogP contribution in [0.4, 0.5) is 11.4 Å². The summed E-state index contributed by atoms with van der Waals surface area (Å²) in [4.78, 5) is 10.4. The van der Waals surface area contributed by atoms with Crippen LogP contribution in [0.25, 0.3) is 11.0 Å². The minimum atomic E-state index is -0.509. The first-order valence-electron chi connectivity index (χ1n) is 6.81. The lowest BCUT2D eigenvalue weighted by molar-refractivity contribution is -0.383. The lowest BCUT2D eigenvalue weighted by Crippen LogP contribution is -2.11. The van der Waals surface area contributed by atoms with Gasteiger partial charge in [-0.1, -0.05) is 13.8 Å². The SMILES string of the molecule is CC(C)CCOCCNc1ccc([N+](=O)[O-])c2nonc12. The Morgan fingerprint density at radius 1 is 1.33 bits per heavy atom. The Kier molecular flexibility index (Phi) is 5.04. The third-order valence-electron chi connectivity index (χ3n) is 2.99. The number of aromatic nitrogens is 2. The molecule has 0 saturated carbocycles. The van der Waals surface area contributed by atoms with Crippen molar-refractivity contribution < 1.29 is 14.3 Å². The second-order valence-electron chi connectivity index (χ2n) is 5.07. The Morgan fingerprint density at radius 2 is 2.10 bits per heavy atom. The summed E-state index contributed by atoms with van der Waals surface area (Å²) < 4.78 is 10.1. The molecule has 0 aliphatic heterocycles. The zero-order valence-corrected chi connectivity index (χ0v) is 12.0. The van der Waals surface area contributed by atoms with Crippen molar-refractivity contribution >= 4 is 22.4 Å². The number of ether oxygens (including phenoxy) is 1. The van der Waals surface area contributed by atoms with Crippen molar-refractivity contribution in [3.8, 4) is 0 Å². The van der Waals surface area contributed by atoms with Crippen LogP contribution in [-0.4, -0.2) is 35.0 Å². The second-order valence-corrected chi connectivity index (χ2v) is 5.07. The smallest absolute Gasteiger partial charge is 0.300 e. The largest absolute Gasteiger partial charge is 0.381 e. The molecule has 0 amide bonds. The van der Waals surface area contributed by atoms with Gasteiger partial charge in [0.25, 0.3) is 0 Å². The van der Waals surface area contributed by atoms with E-state index in [1.54, 1.807) is 6.07 Å². The molecule has 0 aliphatic rings. The van der Waals surface area contributed by atoms with Gasteiger partial charge in [-0.25, -0.2) is 4.63 Å². The fourth-order valence-electron chi connectivity index (χ4n) is 1.82. The predicted octanol–water partition coefficient (Wildman–Crippen LogP) is 2.61. The Morgan fingerprint density at radius 3 is 2.81 bits per heavy atom. The van der Waals surface area contributed by atoms with E-state index >= 15 is 0 Å². The second kappa shape index (κ2) is 6.98. The Hall–Kier alpha value is -2.22. The van der Waals surface area contributed by atoms with Crippen LogP contribution in [0, 0.1) is 16.0 Å². The van der Waals surface area contributed by atoms with Gasteiger partial charge in [0, 0.05) is 19.2 Å². The van der Waals surface area contributed by atoms with E-state index in [-0.39, 0.29) is 11.2 Å². The summed E-state index contributed by atoms with van der Waals surface area (Å²) >= 11 is 0. The molecule has 8 nitrogen and oxygen atoms in total. The molecule has 0 spiro atoms. The van der Waals surface area contributed by atoms with Gasteiger partial charge >= 0.3 is 5.69 Å². The van der Waals surface area contributed by atoms with Crippen molar-refractivity contribution in [3.05, 3.63) is 22.2 Å². The average molecular weight is 294 g/mol. The molecule has 2 rings (SSSR count). The number of hydrogen-bond acceptors (Lipinski definition) is 7. The molecule has 0 fully saturated rings. The molecule has 0 bridgehead atoms. The first kappa shape index (κ1) is 15.2. The Labute approximate surface area is 121 Å². The third-order valence-corrected chi connectivity index (χ3v) is 2.99. The molecular formula is C13H18N4O4. The van der Waals surface area contributed by atoms with Crippen molar-refractivity contribution in [2.75, 3.05) is 25.1 Å². The van der Waals surface area contributed by atoms with Gasteiger partial charge in [0.2, 0.25) is 5.52 Å². The average Bonchev–Trinajstić information content (AvgIpc) is 2.91. The van der Waals surface area contributed by atoms with Crippen molar-refractivity contribution in [3.63, 3.8) is 0 Å². The first-order valence-corrected chi connectivity index (χ1v) is 6.81. The van der Waals surface area contributed by atoms with Gasteiger partial charge in [-0.05, 0) is 28.7 Å². The number of nitrogens with one attached hydrogen (secondary N) is 1. The van der Waals surface area contributed by atoms with E-state index in [2.05, 4.69) is 34.1 Å². The number of nitro groups is 1. The molecule has 0 aliphatic carbocycles. The highest BCUT2D eigenvalue weighted by atomic mass is 16.6. The molecule has 1 aromatic heterocycles. The van der Waals surface area contributed by atoms with Crippen molar-refractivity contribution in [1.82, 2.24) is 10.3 Å². The third kappa shape index (κ3) is 3.88. The molecule has 0 unspecified atom stereocenters. The number of rotatable bonds is 8. The maximum Gasteiger partial charge on any atom is 0.300 e. The number of benzene rings is 1. The lowest BCUT2D eigenvalue weighted by atomic mass is 10.1. The molecule has 114 valence electrons. The molecule has 0 atom stereocenters. The van der Waals surface area contributed by atoms with E-state index in [1.165, 1.54) is 6.07 Å². The van der Waals surface area contributed by atoms with Gasteiger partial charge in [-0.2, -0.15) is 0 Å². The van der Waals surface area contributed by atoms with Crippen molar-refractivity contribution in [2.45, 2.75) is 20.3 Å². The Balaban J connectivity index is 1.93. The molecule has 0 saturated heterocycles. The van der Waals surface area contributed by atoms with Gasteiger partial charge in [-0.3, -0.25) is 10.1 Å². The topological polar surface area (TPSA) is 103 Å². The number of non-ortho nitro benzene ring substituents is 1. The summed E-state index contributed by atoms with van der Waals surface area (Å²) in [6.45, 7) is 6.15. The van der Waals surface area contributed by atoms with Crippen LogP contribution in [0.5, 0.6) is 0 Å². The summed E-state index contributed by atoms with van der Waals surface area (Å²) in [5.41, 5.74) is 1.02. The number of fused-ring (bicyclic) bond motifs is 1. The summed E-state index contributed by atoms with van der Waals surface area (Å²) in [7, 11) is 0. The van der Waals surface area contributed by atoms with Crippen LogP contribution in [-0.2, 0) is 4.74 Å². The van der Waals surface area contributed by atoms with Crippen LogP contribution in [0.3, 0.4) is 0 Å². The van der Waals surface area contributed by atoms with Gasteiger partial charge in [0.15, 0.2) is 5.52 Å². The minimum absolute atomic E-state index is 0.120. The molecule has 1 aromatic carbocycles. The summed E-state index contributed by atoms with van der Waals surface area (Å²) in [6.07, 6.45) is 1.02. The van der Waals surface area contributed by atoms with Crippen LogP contribution >= 0.6 is 0 Å². The van der Waals surface area contributed by atoms with Gasteiger partial charge in [0.05, 0.1) is 17.2 Å². The Bertz CT molecular complexity index is 611. The van der Waals surface area contributed by atoms with E-state index < -0.39 is 4.92 Å². The molecule has 0 radical (unpaired) electrons. The zero-order chi connectivity index (χ0) is 15.2. The number of hydrogen-bond donors (Lipinski definition) is 1. The first-order chi connectivity index (χ1) is 10.1. The van der Waals surface area contributed by atoms with Gasteiger partial charge in [0.1, 0.15) is 0 Å². The summed E-state index contributed by atoms with van der Waals surface area (Å²) in [5, 5.41) is 21.3. The normalized spacial score (nSPS) is 11.2.